The summed E-state index contributed by atoms with van der Waals surface area (Å²) in [6.45, 7) is 3.68. The van der Waals surface area contributed by atoms with Gasteiger partial charge in [0.05, 0.1) is 12.7 Å². The molecule has 0 radical (unpaired) electrons. The zero-order valence-corrected chi connectivity index (χ0v) is 7.64. The van der Waals surface area contributed by atoms with Crippen LogP contribution in [0.4, 0.5) is 0 Å². The van der Waals surface area contributed by atoms with Crippen LogP contribution in [-0.4, -0.2) is 35.1 Å². The standard InChI is InChI=1S/C8H14O5/c1-4-6(3-12-11)5(2)13-7(4)8(9)10/h4-7,11H,3H2,1-2H3,(H,9,10). The first kappa shape index (κ1) is 10.4. The maximum atomic E-state index is 10.7. The average molecular weight is 190 g/mol. The first-order valence-electron chi connectivity index (χ1n) is 4.22. The zero-order valence-electron chi connectivity index (χ0n) is 7.64. The minimum atomic E-state index is -0.959. The summed E-state index contributed by atoms with van der Waals surface area (Å²) < 4.78 is 5.21. The highest BCUT2D eigenvalue weighted by molar-refractivity contribution is 5.73. The van der Waals surface area contributed by atoms with Crippen molar-refractivity contribution in [2.75, 3.05) is 6.61 Å². The molecule has 1 fully saturated rings. The number of rotatable bonds is 3. The van der Waals surface area contributed by atoms with Crippen LogP contribution in [0.1, 0.15) is 13.8 Å². The number of carbonyl (C=O) groups is 1. The van der Waals surface area contributed by atoms with E-state index < -0.39 is 12.1 Å². The SMILES string of the molecule is CC1OC(C(=O)O)C(C)C1COO. The Labute approximate surface area is 76.2 Å². The third kappa shape index (κ3) is 1.99. The highest BCUT2D eigenvalue weighted by Gasteiger charge is 2.43. The van der Waals surface area contributed by atoms with Crippen LogP contribution >= 0.6 is 0 Å². The Morgan fingerprint density at radius 3 is 2.54 bits per heavy atom. The van der Waals surface area contributed by atoms with Crippen molar-refractivity contribution in [3.8, 4) is 0 Å². The Hall–Kier alpha value is -0.650. The fraction of sp³-hybridized carbons (Fsp3) is 0.875. The number of aliphatic carboxylic acids is 1. The molecule has 0 aromatic rings. The molecule has 0 spiro atoms. The Bertz CT molecular complexity index is 193. The molecule has 1 saturated heterocycles. The first-order valence-corrected chi connectivity index (χ1v) is 4.22. The maximum absolute atomic E-state index is 10.7. The molecule has 0 amide bonds. The number of carboxylic acids is 1. The highest BCUT2D eigenvalue weighted by Crippen LogP contribution is 2.32. The molecule has 13 heavy (non-hydrogen) atoms. The molecular formula is C8H14O5. The fourth-order valence-corrected chi connectivity index (χ4v) is 1.76. The molecule has 1 heterocycles. The van der Waals surface area contributed by atoms with Crippen LogP contribution in [0.15, 0.2) is 0 Å². The van der Waals surface area contributed by atoms with E-state index >= 15 is 0 Å². The van der Waals surface area contributed by atoms with Gasteiger partial charge in [-0.05, 0) is 6.92 Å². The van der Waals surface area contributed by atoms with Crippen LogP contribution in [0.5, 0.6) is 0 Å². The molecule has 0 aromatic heterocycles. The number of carboxylic acid groups (broad SMARTS) is 1. The van der Waals surface area contributed by atoms with Gasteiger partial charge in [-0.15, -0.1) is 0 Å². The van der Waals surface area contributed by atoms with E-state index in [1.807, 2.05) is 0 Å². The van der Waals surface area contributed by atoms with Crippen LogP contribution in [0, 0.1) is 11.8 Å². The van der Waals surface area contributed by atoms with Gasteiger partial charge >= 0.3 is 5.97 Å². The van der Waals surface area contributed by atoms with Gasteiger partial charge in [-0.2, -0.15) is 0 Å². The molecule has 0 aliphatic carbocycles. The second kappa shape index (κ2) is 4.04. The molecule has 1 aliphatic heterocycles. The summed E-state index contributed by atoms with van der Waals surface area (Å²) in [6.07, 6.45) is -0.974. The smallest absolute Gasteiger partial charge is 0.333 e. The van der Waals surface area contributed by atoms with E-state index in [9.17, 15) is 4.79 Å². The van der Waals surface area contributed by atoms with Crippen molar-refractivity contribution in [3.63, 3.8) is 0 Å². The first-order chi connectivity index (χ1) is 6.07. The second-order valence-electron chi connectivity index (χ2n) is 3.42. The summed E-state index contributed by atoms with van der Waals surface area (Å²) >= 11 is 0. The van der Waals surface area contributed by atoms with Gasteiger partial charge in [0.25, 0.3) is 0 Å². The van der Waals surface area contributed by atoms with E-state index in [0.717, 1.165) is 0 Å². The molecule has 5 heteroatoms. The quantitative estimate of drug-likeness (QED) is 0.503. The van der Waals surface area contributed by atoms with Gasteiger partial charge in [-0.1, -0.05) is 6.92 Å². The third-order valence-corrected chi connectivity index (χ3v) is 2.63. The average Bonchev–Trinajstić information content (AvgIpc) is 2.32. The lowest BCUT2D eigenvalue weighted by atomic mass is 9.90. The molecule has 5 nitrogen and oxygen atoms in total. The summed E-state index contributed by atoms with van der Waals surface area (Å²) in [4.78, 5) is 14.7. The predicted octanol–water partition coefficient (Wildman–Crippen LogP) is 0.600. The Morgan fingerprint density at radius 1 is 1.54 bits per heavy atom. The van der Waals surface area contributed by atoms with E-state index in [0.29, 0.717) is 0 Å². The molecule has 0 aromatic carbocycles. The van der Waals surface area contributed by atoms with E-state index in [-0.39, 0.29) is 24.5 Å². The third-order valence-electron chi connectivity index (χ3n) is 2.63. The summed E-state index contributed by atoms with van der Waals surface area (Å²) in [5.41, 5.74) is 0. The molecule has 1 aliphatic rings. The van der Waals surface area contributed by atoms with Crippen LogP contribution in [0.3, 0.4) is 0 Å². The lowest BCUT2D eigenvalue weighted by Gasteiger charge is -2.15. The molecular weight excluding hydrogens is 176 g/mol. The van der Waals surface area contributed by atoms with Crippen LogP contribution < -0.4 is 0 Å². The molecule has 1 rings (SSSR count). The molecule has 4 unspecified atom stereocenters. The van der Waals surface area contributed by atoms with Gasteiger partial charge < -0.3 is 9.84 Å². The van der Waals surface area contributed by atoms with Crippen molar-refractivity contribution in [3.05, 3.63) is 0 Å². The van der Waals surface area contributed by atoms with E-state index in [1.54, 1.807) is 13.8 Å². The fourth-order valence-electron chi connectivity index (χ4n) is 1.76. The van der Waals surface area contributed by atoms with Crippen molar-refractivity contribution in [1.29, 1.82) is 0 Å². The van der Waals surface area contributed by atoms with Gasteiger partial charge in [-0.3, -0.25) is 5.26 Å². The van der Waals surface area contributed by atoms with Gasteiger partial charge in [-0.25, -0.2) is 9.68 Å². The van der Waals surface area contributed by atoms with Crippen molar-refractivity contribution in [1.82, 2.24) is 0 Å². The topological polar surface area (TPSA) is 76.0 Å². The van der Waals surface area contributed by atoms with Gasteiger partial charge in [0.2, 0.25) is 0 Å². The Kier molecular flexibility index (Phi) is 3.24. The van der Waals surface area contributed by atoms with Crippen molar-refractivity contribution in [2.45, 2.75) is 26.1 Å². The molecule has 2 N–H and O–H groups in total. The highest BCUT2D eigenvalue weighted by atomic mass is 17.1. The second-order valence-corrected chi connectivity index (χ2v) is 3.42. The van der Waals surface area contributed by atoms with E-state index in [4.69, 9.17) is 15.1 Å². The lowest BCUT2D eigenvalue weighted by Crippen LogP contribution is -2.27. The van der Waals surface area contributed by atoms with Crippen LogP contribution in [0.2, 0.25) is 0 Å². The zero-order chi connectivity index (χ0) is 10.0. The van der Waals surface area contributed by atoms with Gasteiger partial charge in [0, 0.05) is 11.8 Å². The Morgan fingerprint density at radius 2 is 2.15 bits per heavy atom. The largest absolute Gasteiger partial charge is 0.479 e. The number of hydrogen-bond donors (Lipinski definition) is 2. The Balaban J connectivity index is 2.63. The van der Waals surface area contributed by atoms with E-state index in [2.05, 4.69) is 4.89 Å². The maximum Gasteiger partial charge on any atom is 0.333 e. The monoisotopic (exact) mass is 190 g/mol. The summed E-state index contributed by atoms with van der Waals surface area (Å²) in [5, 5.41) is 17.0. The van der Waals surface area contributed by atoms with E-state index in [1.165, 1.54) is 0 Å². The van der Waals surface area contributed by atoms with Crippen molar-refractivity contribution < 1.29 is 24.8 Å². The minimum Gasteiger partial charge on any atom is -0.479 e. The molecule has 0 bridgehead atoms. The van der Waals surface area contributed by atoms with Gasteiger partial charge in [0.1, 0.15) is 0 Å². The lowest BCUT2D eigenvalue weighted by molar-refractivity contribution is -0.254. The van der Waals surface area contributed by atoms with Crippen molar-refractivity contribution >= 4 is 5.97 Å². The van der Waals surface area contributed by atoms with Crippen LogP contribution in [-0.2, 0) is 14.4 Å². The summed E-state index contributed by atoms with van der Waals surface area (Å²) in [5.74, 6) is -1.16. The number of hydrogen-bond acceptors (Lipinski definition) is 4. The molecule has 0 saturated carbocycles. The van der Waals surface area contributed by atoms with Gasteiger partial charge in [0.15, 0.2) is 6.10 Å². The predicted molar refractivity (Wildman–Crippen MR) is 43.2 cm³/mol. The summed E-state index contributed by atoms with van der Waals surface area (Å²) in [6, 6.07) is 0. The minimum absolute atomic E-state index is 0.0638. The summed E-state index contributed by atoms with van der Waals surface area (Å²) in [7, 11) is 0. The molecule has 4 atom stereocenters. The molecule has 76 valence electrons. The number of ether oxygens (including phenoxy) is 1. The van der Waals surface area contributed by atoms with Crippen LogP contribution in [0.25, 0.3) is 0 Å². The normalized spacial score (nSPS) is 39.3. The van der Waals surface area contributed by atoms with Crippen molar-refractivity contribution in [2.24, 2.45) is 11.8 Å².